The highest BCUT2D eigenvalue weighted by Crippen LogP contribution is 2.13. The van der Waals surface area contributed by atoms with Gasteiger partial charge < -0.3 is 15.4 Å². The molecule has 0 spiro atoms. The van der Waals surface area contributed by atoms with Crippen molar-refractivity contribution in [2.75, 3.05) is 13.2 Å². The summed E-state index contributed by atoms with van der Waals surface area (Å²) in [6.45, 7) is 3.75. The van der Waals surface area contributed by atoms with Crippen molar-refractivity contribution in [3.63, 3.8) is 0 Å². The Kier molecular flexibility index (Phi) is 3.03. The first-order valence-corrected chi connectivity index (χ1v) is 5.43. The summed E-state index contributed by atoms with van der Waals surface area (Å²) in [7, 11) is 0. The molecule has 3 atom stereocenters. The molecule has 0 aromatic rings. The molecule has 2 fully saturated rings. The summed E-state index contributed by atoms with van der Waals surface area (Å²) in [5.74, 6) is 0.143. The molecule has 1 amide bonds. The highest BCUT2D eigenvalue weighted by Gasteiger charge is 2.29. The van der Waals surface area contributed by atoms with E-state index in [9.17, 15) is 4.79 Å². The van der Waals surface area contributed by atoms with Crippen LogP contribution >= 0.6 is 0 Å². The van der Waals surface area contributed by atoms with E-state index in [0.29, 0.717) is 0 Å². The van der Waals surface area contributed by atoms with E-state index < -0.39 is 0 Å². The van der Waals surface area contributed by atoms with Gasteiger partial charge in [-0.25, -0.2) is 0 Å². The zero-order valence-electron chi connectivity index (χ0n) is 8.58. The Bertz CT molecular complexity index is 214. The molecular formula is C10H18N2O2. The van der Waals surface area contributed by atoms with E-state index in [0.717, 1.165) is 32.4 Å². The fourth-order valence-electron chi connectivity index (χ4n) is 2.11. The molecule has 80 valence electrons. The first-order valence-electron chi connectivity index (χ1n) is 5.43. The molecule has 2 heterocycles. The minimum absolute atomic E-state index is 0.0304. The van der Waals surface area contributed by atoms with Crippen molar-refractivity contribution in [2.24, 2.45) is 0 Å². The molecule has 14 heavy (non-hydrogen) atoms. The number of nitrogens with one attached hydrogen (secondary N) is 2. The summed E-state index contributed by atoms with van der Waals surface area (Å²) in [5, 5.41) is 6.24. The molecule has 2 N–H and O–H groups in total. The SMILES string of the molecule is CC1OCCC1NC(=O)C1CCCN1. The highest BCUT2D eigenvalue weighted by molar-refractivity contribution is 5.82. The minimum atomic E-state index is 0.0304. The van der Waals surface area contributed by atoms with Crippen molar-refractivity contribution >= 4 is 5.91 Å². The maximum absolute atomic E-state index is 11.7. The molecule has 0 radical (unpaired) electrons. The van der Waals surface area contributed by atoms with Crippen molar-refractivity contribution < 1.29 is 9.53 Å². The molecule has 0 saturated carbocycles. The number of carbonyl (C=O) groups is 1. The Morgan fingerprint density at radius 1 is 1.50 bits per heavy atom. The maximum atomic E-state index is 11.7. The molecular weight excluding hydrogens is 180 g/mol. The predicted octanol–water partition coefficient (Wildman–Crippen LogP) is 0.0320. The lowest BCUT2D eigenvalue weighted by Gasteiger charge is -2.18. The van der Waals surface area contributed by atoms with Crippen LogP contribution in [0.2, 0.25) is 0 Å². The van der Waals surface area contributed by atoms with Crippen LogP contribution in [0.15, 0.2) is 0 Å². The van der Waals surface area contributed by atoms with E-state index in [4.69, 9.17) is 4.74 Å². The number of rotatable bonds is 2. The molecule has 2 rings (SSSR count). The van der Waals surface area contributed by atoms with Crippen LogP contribution in [0.5, 0.6) is 0 Å². The maximum Gasteiger partial charge on any atom is 0.237 e. The molecule has 2 aliphatic rings. The zero-order chi connectivity index (χ0) is 9.97. The minimum Gasteiger partial charge on any atom is -0.376 e. The third-order valence-electron chi connectivity index (χ3n) is 3.08. The second kappa shape index (κ2) is 4.28. The monoisotopic (exact) mass is 198 g/mol. The van der Waals surface area contributed by atoms with Gasteiger partial charge in [0, 0.05) is 6.61 Å². The molecule has 0 aromatic heterocycles. The number of amides is 1. The van der Waals surface area contributed by atoms with Gasteiger partial charge in [-0.1, -0.05) is 0 Å². The lowest BCUT2D eigenvalue weighted by molar-refractivity contribution is -0.123. The Hall–Kier alpha value is -0.610. The molecule has 3 unspecified atom stereocenters. The molecule has 0 aliphatic carbocycles. The van der Waals surface area contributed by atoms with Crippen LogP contribution in [0, 0.1) is 0 Å². The quantitative estimate of drug-likeness (QED) is 0.658. The van der Waals surface area contributed by atoms with Crippen LogP contribution in [0.4, 0.5) is 0 Å². The summed E-state index contributed by atoms with van der Waals surface area (Å²) in [4.78, 5) is 11.7. The second-order valence-corrected chi connectivity index (χ2v) is 4.13. The molecule has 2 aliphatic heterocycles. The van der Waals surface area contributed by atoms with Crippen LogP contribution < -0.4 is 10.6 Å². The first kappa shape index (κ1) is 9.93. The van der Waals surface area contributed by atoms with Crippen molar-refractivity contribution in [3.05, 3.63) is 0 Å². The van der Waals surface area contributed by atoms with Gasteiger partial charge in [0.2, 0.25) is 5.91 Å². The Balaban J connectivity index is 1.81. The Morgan fingerprint density at radius 2 is 2.36 bits per heavy atom. The van der Waals surface area contributed by atoms with Crippen LogP contribution in [0.25, 0.3) is 0 Å². The fraction of sp³-hybridized carbons (Fsp3) is 0.900. The summed E-state index contributed by atoms with van der Waals surface area (Å²) >= 11 is 0. The lowest BCUT2D eigenvalue weighted by Crippen LogP contribution is -2.47. The molecule has 0 aromatic carbocycles. The van der Waals surface area contributed by atoms with E-state index in [1.807, 2.05) is 6.92 Å². The highest BCUT2D eigenvalue weighted by atomic mass is 16.5. The molecule has 4 heteroatoms. The van der Waals surface area contributed by atoms with Crippen molar-refractivity contribution in [1.82, 2.24) is 10.6 Å². The van der Waals surface area contributed by atoms with Crippen molar-refractivity contribution in [3.8, 4) is 0 Å². The van der Waals surface area contributed by atoms with Gasteiger partial charge in [-0.05, 0) is 32.7 Å². The van der Waals surface area contributed by atoms with Gasteiger partial charge in [0.25, 0.3) is 0 Å². The van der Waals surface area contributed by atoms with Crippen LogP contribution in [0.1, 0.15) is 26.2 Å². The van der Waals surface area contributed by atoms with E-state index in [-0.39, 0.29) is 24.1 Å². The van der Waals surface area contributed by atoms with Crippen molar-refractivity contribution in [1.29, 1.82) is 0 Å². The number of hydrogen-bond acceptors (Lipinski definition) is 3. The molecule has 4 nitrogen and oxygen atoms in total. The van der Waals surface area contributed by atoms with E-state index in [1.165, 1.54) is 0 Å². The van der Waals surface area contributed by atoms with Gasteiger partial charge in [0.15, 0.2) is 0 Å². The fourth-order valence-corrected chi connectivity index (χ4v) is 2.11. The average Bonchev–Trinajstić information content (AvgIpc) is 2.77. The standard InChI is InChI=1S/C10H18N2O2/c1-7-8(4-6-14-7)12-10(13)9-3-2-5-11-9/h7-9,11H,2-6H2,1H3,(H,12,13). The van der Waals surface area contributed by atoms with E-state index in [2.05, 4.69) is 10.6 Å². The third-order valence-corrected chi connectivity index (χ3v) is 3.08. The normalized spacial score (nSPS) is 37.4. The van der Waals surface area contributed by atoms with Crippen LogP contribution in [-0.2, 0) is 9.53 Å². The molecule has 2 saturated heterocycles. The van der Waals surface area contributed by atoms with Crippen LogP contribution in [0.3, 0.4) is 0 Å². The number of carbonyl (C=O) groups excluding carboxylic acids is 1. The smallest absolute Gasteiger partial charge is 0.237 e. The van der Waals surface area contributed by atoms with Gasteiger partial charge >= 0.3 is 0 Å². The van der Waals surface area contributed by atoms with E-state index >= 15 is 0 Å². The summed E-state index contributed by atoms with van der Waals surface area (Å²) < 4.78 is 5.39. The third kappa shape index (κ3) is 2.07. The predicted molar refractivity (Wildman–Crippen MR) is 53.0 cm³/mol. The average molecular weight is 198 g/mol. The summed E-state index contributed by atoms with van der Waals surface area (Å²) in [6, 6.07) is 0.243. The van der Waals surface area contributed by atoms with Gasteiger partial charge in [-0.3, -0.25) is 4.79 Å². The molecule has 0 bridgehead atoms. The van der Waals surface area contributed by atoms with Crippen LogP contribution in [-0.4, -0.2) is 37.2 Å². The largest absolute Gasteiger partial charge is 0.376 e. The number of ether oxygens (including phenoxy) is 1. The summed E-state index contributed by atoms with van der Waals surface area (Å²) in [6.07, 6.45) is 3.18. The lowest BCUT2D eigenvalue weighted by atomic mass is 10.1. The van der Waals surface area contributed by atoms with Crippen molar-refractivity contribution in [2.45, 2.75) is 44.4 Å². The van der Waals surface area contributed by atoms with Gasteiger partial charge in [-0.2, -0.15) is 0 Å². The summed E-state index contributed by atoms with van der Waals surface area (Å²) in [5.41, 5.74) is 0. The van der Waals surface area contributed by atoms with Gasteiger partial charge in [0.05, 0.1) is 18.2 Å². The Morgan fingerprint density at radius 3 is 2.93 bits per heavy atom. The number of hydrogen-bond donors (Lipinski definition) is 2. The van der Waals surface area contributed by atoms with Gasteiger partial charge in [0.1, 0.15) is 0 Å². The Labute approximate surface area is 84.4 Å². The van der Waals surface area contributed by atoms with Gasteiger partial charge in [-0.15, -0.1) is 0 Å². The first-order chi connectivity index (χ1) is 6.77. The van der Waals surface area contributed by atoms with E-state index in [1.54, 1.807) is 0 Å². The topological polar surface area (TPSA) is 50.4 Å². The second-order valence-electron chi connectivity index (χ2n) is 4.13. The zero-order valence-corrected chi connectivity index (χ0v) is 8.58.